The number of aryl methyl sites for hydroxylation is 1. The van der Waals surface area contributed by atoms with Gasteiger partial charge in [0.1, 0.15) is 11.6 Å². The van der Waals surface area contributed by atoms with Crippen molar-refractivity contribution in [2.75, 3.05) is 6.61 Å². The molecule has 5 heteroatoms. The Hall–Kier alpha value is -1.62. The number of hydrogen-bond donors (Lipinski definition) is 2. The van der Waals surface area contributed by atoms with Crippen LogP contribution >= 0.6 is 11.6 Å². The third kappa shape index (κ3) is 2.62. The van der Waals surface area contributed by atoms with E-state index in [2.05, 4.69) is 5.43 Å². The fourth-order valence-electron chi connectivity index (χ4n) is 2.73. The molecule has 0 saturated carbocycles. The van der Waals surface area contributed by atoms with Crippen molar-refractivity contribution in [2.24, 2.45) is 5.84 Å². The van der Waals surface area contributed by atoms with Crippen LogP contribution in [0.4, 0.5) is 4.39 Å². The Morgan fingerprint density at radius 3 is 2.76 bits per heavy atom. The second-order valence-corrected chi connectivity index (χ2v) is 5.41. The van der Waals surface area contributed by atoms with Crippen LogP contribution in [0.1, 0.15) is 29.2 Å². The smallest absolute Gasteiger partial charge is 0.142 e. The maximum Gasteiger partial charge on any atom is 0.142 e. The standard InChI is InChI=1S/C16H16ClFN2O/c17-14-11(6-2-8-13(14)18)15(20-19)12-7-1-4-10-5-3-9-21-16(10)12/h1-2,4,6-8,15,20H,3,5,9,19H2. The van der Waals surface area contributed by atoms with Gasteiger partial charge in [-0.15, -0.1) is 0 Å². The monoisotopic (exact) mass is 306 g/mol. The number of para-hydroxylation sites is 1. The quantitative estimate of drug-likeness (QED) is 0.675. The molecule has 1 atom stereocenters. The van der Waals surface area contributed by atoms with Crippen molar-refractivity contribution >= 4 is 11.6 Å². The fraction of sp³-hybridized carbons (Fsp3) is 0.250. The minimum absolute atomic E-state index is 0.0777. The van der Waals surface area contributed by atoms with Crippen LogP contribution in [0.15, 0.2) is 36.4 Å². The van der Waals surface area contributed by atoms with Gasteiger partial charge < -0.3 is 4.74 Å². The zero-order valence-corrected chi connectivity index (χ0v) is 12.2. The van der Waals surface area contributed by atoms with E-state index in [0.29, 0.717) is 12.2 Å². The number of nitrogens with one attached hydrogen (secondary N) is 1. The molecule has 0 radical (unpaired) electrons. The van der Waals surface area contributed by atoms with Gasteiger partial charge >= 0.3 is 0 Å². The summed E-state index contributed by atoms with van der Waals surface area (Å²) in [4.78, 5) is 0. The summed E-state index contributed by atoms with van der Waals surface area (Å²) in [5.74, 6) is 6.07. The lowest BCUT2D eigenvalue weighted by Crippen LogP contribution is -2.30. The molecule has 0 spiro atoms. The molecule has 1 unspecified atom stereocenters. The zero-order chi connectivity index (χ0) is 14.8. The summed E-state index contributed by atoms with van der Waals surface area (Å²) in [6.45, 7) is 0.679. The van der Waals surface area contributed by atoms with E-state index in [4.69, 9.17) is 22.2 Å². The molecule has 0 saturated heterocycles. The topological polar surface area (TPSA) is 47.3 Å². The molecule has 3 nitrogen and oxygen atoms in total. The van der Waals surface area contributed by atoms with Crippen LogP contribution in [-0.2, 0) is 6.42 Å². The van der Waals surface area contributed by atoms with Crippen molar-refractivity contribution in [2.45, 2.75) is 18.9 Å². The van der Waals surface area contributed by atoms with Crippen molar-refractivity contribution in [1.29, 1.82) is 0 Å². The first-order valence-electron chi connectivity index (χ1n) is 6.87. The first-order valence-corrected chi connectivity index (χ1v) is 7.25. The molecule has 3 rings (SSSR count). The molecule has 0 amide bonds. The van der Waals surface area contributed by atoms with E-state index in [1.54, 1.807) is 12.1 Å². The van der Waals surface area contributed by atoms with Crippen molar-refractivity contribution in [1.82, 2.24) is 5.43 Å². The van der Waals surface area contributed by atoms with Crippen LogP contribution in [-0.4, -0.2) is 6.61 Å². The molecule has 2 aromatic carbocycles. The summed E-state index contributed by atoms with van der Waals surface area (Å²) in [5.41, 5.74) is 5.34. The van der Waals surface area contributed by atoms with Crippen LogP contribution in [0, 0.1) is 5.82 Å². The summed E-state index contributed by atoms with van der Waals surface area (Å²) in [6, 6.07) is 10.2. The SMILES string of the molecule is NNC(c1cccc(F)c1Cl)c1cccc2c1OCCC2. The lowest BCUT2D eigenvalue weighted by molar-refractivity contribution is 0.283. The summed E-state index contributed by atoms with van der Waals surface area (Å²) in [7, 11) is 0. The second kappa shape index (κ2) is 6.02. The predicted molar refractivity (Wildman–Crippen MR) is 80.8 cm³/mol. The lowest BCUT2D eigenvalue weighted by Gasteiger charge is -2.25. The summed E-state index contributed by atoms with van der Waals surface area (Å²) in [5, 5.41) is 0.0777. The van der Waals surface area contributed by atoms with Crippen LogP contribution in [0.25, 0.3) is 0 Å². The number of nitrogens with two attached hydrogens (primary N) is 1. The van der Waals surface area contributed by atoms with Gasteiger partial charge in [-0.05, 0) is 30.0 Å². The molecule has 0 aromatic heterocycles. The first kappa shape index (κ1) is 14.3. The second-order valence-electron chi connectivity index (χ2n) is 5.03. The third-order valence-corrected chi connectivity index (χ3v) is 4.13. The largest absolute Gasteiger partial charge is 0.493 e. The summed E-state index contributed by atoms with van der Waals surface area (Å²) < 4.78 is 19.5. The predicted octanol–water partition coefficient (Wildman–Crippen LogP) is 3.36. The van der Waals surface area contributed by atoms with Gasteiger partial charge in [-0.1, -0.05) is 41.9 Å². The van der Waals surface area contributed by atoms with Gasteiger partial charge in [0.05, 0.1) is 17.7 Å². The number of fused-ring (bicyclic) bond motifs is 1. The molecular weight excluding hydrogens is 291 g/mol. The highest BCUT2D eigenvalue weighted by Gasteiger charge is 2.24. The molecule has 0 fully saturated rings. The Kier molecular flexibility index (Phi) is 4.10. The number of rotatable bonds is 3. The van der Waals surface area contributed by atoms with Crippen molar-refractivity contribution in [3.05, 3.63) is 63.9 Å². The van der Waals surface area contributed by atoms with Gasteiger partial charge in [-0.3, -0.25) is 5.84 Å². The van der Waals surface area contributed by atoms with E-state index in [9.17, 15) is 4.39 Å². The lowest BCUT2D eigenvalue weighted by atomic mass is 9.94. The molecule has 110 valence electrons. The van der Waals surface area contributed by atoms with E-state index in [1.807, 2.05) is 18.2 Å². The highest BCUT2D eigenvalue weighted by atomic mass is 35.5. The summed E-state index contributed by atoms with van der Waals surface area (Å²) in [6.07, 6.45) is 1.97. The minimum atomic E-state index is -0.458. The number of hydrogen-bond acceptors (Lipinski definition) is 3. The fourth-order valence-corrected chi connectivity index (χ4v) is 2.97. The maximum atomic E-state index is 13.7. The molecule has 21 heavy (non-hydrogen) atoms. The molecule has 1 aliphatic heterocycles. The van der Waals surface area contributed by atoms with Crippen LogP contribution < -0.4 is 16.0 Å². The zero-order valence-electron chi connectivity index (χ0n) is 11.4. The molecular formula is C16H16ClFN2O. The Morgan fingerprint density at radius 2 is 1.95 bits per heavy atom. The van der Waals surface area contributed by atoms with Gasteiger partial charge in [0.2, 0.25) is 0 Å². The highest BCUT2D eigenvalue weighted by Crippen LogP contribution is 2.37. The molecule has 0 bridgehead atoms. The van der Waals surface area contributed by atoms with E-state index < -0.39 is 11.9 Å². The molecule has 1 heterocycles. The Morgan fingerprint density at radius 1 is 1.19 bits per heavy atom. The van der Waals surface area contributed by atoms with Crippen LogP contribution in [0.2, 0.25) is 5.02 Å². The number of ether oxygens (including phenoxy) is 1. The molecule has 3 N–H and O–H groups in total. The minimum Gasteiger partial charge on any atom is -0.493 e. The average Bonchev–Trinajstić information content (AvgIpc) is 2.52. The Labute approximate surface area is 127 Å². The third-order valence-electron chi connectivity index (χ3n) is 3.73. The highest BCUT2D eigenvalue weighted by molar-refractivity contribution is 6.31. The average molecular weight is 307 g/mol. The van der Waals surface area contributed by atoms with Gasteiger partial charge in [0, 0.05) is 5.56 Å². The summed E-state index contributed by atoms with van der Waals surface area (Å²) >= 11 is 6.09. The Balaban J connectivity index is 2.11. The number of hydrazine groups is 1. The van der Waals surface area contributed by atoms with Gasteiger partial charge in [-0.2, -0.15) is 0 Å². The van der Waals surface area contributed by atoms with E-state index in [1.165, 1.54) is 6.07 Å². The van der Waals surface area contributed by atoms with Gasteiger partial charge in [0.25, 0.3) is 0 Å². The number of halogens is 2. The van der Waals surface area contributed by atoms with Crippen LogP contribution in [0.3, 0.4) is 0 Å². The van der Waals surface area contributed by atoms with Crippen LogP contribution in [0.5, 0.6) is 5.75 Å². The van der Waals surface area contributed by atoms with Gasteiger partial charge in [0.15, 0.2) is 0 Å². The molecule has 1 aliphatic rings. The van der Waals surface area contributed by atoms with E-state index in [0.717, 1.165) is 29.7 Å². The molecule has 2 aromatic rings. The van der Waals surface area contributed by atoms with Gasteiger partial charge in [-0.25, -0.2) is 9.82 Å². The normalized spacial score (nSPS) is 15.2. The number of benzene rings is 2. The molecule has 0 aliphatic carbocycles. The van der Waals surface area contributed by atoms with E-state index in [-0.39, 0.29) is 5.02 Å². The van der Waals surface area contributed by atoms with Crippen molar-refractivity contribution in [3.8, 4) is 5.75 Å². The van der Waals surface area contributed by atoms with E-state index >= 15 is 0 Å². The first-order chi connectivity index (χ1) is 10.2. The Bertz CT molecular complexity index is 663. The van der Waals surface area contributed by atoms with Crippen molar-refractivity contribution < 1.29 is 9.13 Å². The van der Waals surface area contributed by atoms with Crippen molar-refractivity contribution in [3.63, 3.8) is 0 Å². The maximum absolute atomic E-state index is 13.7.